The van der Waals surface area contributed by atoms with Gasteiger partial charge in [0.1, 0.15) is 17.4 Å². The molecule has 0 radical (unpaired) electrons. The van der Waals surface area contributed by atoms with E-state index in [9.17, 15) is 4.79 Å². The van der Waals surface area contributed by atoms with Gasteiger partial charge in [0.25, 0.3) is 0 Å². The summed E-state index contributed by atoms with van der Waals surface area (Å²) in [6.07, 6.45) is 7.21. The molecule has 1 saturated carbocycles. The molecule has 0 aromatic carbocycles. The molecule has 3 aromatic heterocycles. The quantitative estimate of drug-likeness (QED) is 0.607. The SMILES string of the molecule is COC(=O)C1CCC(Oc2cc(-c3ccc4nc5n(c4n3)[C@@H](C)CC5)ccn2)CC1. The second-order valence-corrected chi connectivity index (χ2v) is 8.32. The number of methoxy groups -OCH3 is 1. The molecule has 2 aliphatic rings. The molecule has 0 saturated heterocycles. The van der Waals surface area contributed by atoms with E-state index in [0.717, 1.165) is 66.8 Å². The first kappa shape index (κ1) is 19.0. The molecule has 0 N–H and O–H groups in total. The molecule has 30 heavy (non-hydrogen) atoms. The first-order valence-electron chi connectivity index (χ1n) is 10.7. The summed E-state index contributed by atoms with van der Waals surface area (Å²) in [6, 6.07) is 8.40. The summed E-state index contributed by atoms with van der Waals surface area (Å²) in [6.45, 7) is 2.22. The topological polar surface area (TPSA) is 79.1 Å². The minimum absolute atomic E-state index is 0.00940. The van der Waals surface area contributed by atoms with Crippen LogP contribution in [-0.2, 0) is 16.0 Å². The lowest BCUT2D eigenvalue weighted by Crippen LogP contribution is -2.28. The third-order valence-corrected chi connectivity index (χ3v) is 6.36. The number of ether oxygens (including phenoxy) is 2. The predicted octanol–water partition coefficient (Wildman–Crippen LogP) is 4.11. The Hall–Kier alpha value is -2.96. The highest BCUT2D eigenvalue weighted by atomic mass is 16.5. The van der Waals surface area contributed by atoms with Crippen LogP contribution in [0.25, 0.3) is 22.4 Å². The molecule has 0 spiro atoms. The Bertz CT molecular complexity index is 1090. The van der Waals surface area contributed by atoms with Crippen LogP contribution >= 0.6 is 0 Å². The summed E-state index contributed by atoms with van der Waals surface area (Å²) in [5.74, 6) is 1.60. The van der Waals surface area contributed by atoms with Crippen molar-refractivity contribution < 1.29 is 14.3 Å². The summed E-state index contributed by atoms with van der Waals surface area (Å²) in [7, 11) is 1.45. The Balaban J connectivity index is 1.34. The smallest absolute Gasteiger partial charge is 0.308 e. The van der Waals surface area contributed by atoms with Crippen LogP contribution in [0.1, 0.15) is 50.9 Å². The molecule has 156 valence electrons. The molecule has 1 aliphatic heterocycles. The van der Waals surface area contributed by atoms with Crippen molar-refractivity contribution in [1.29, 1.82) is 0 Å². The van der Waals surface area contributed by atoms with E-state index in [1.54, 1.807) is 6.20 Å². The van der Waals surface area contributed by atoms with Gasteiger partial charge in [-0.25, -0.2) is 15.0 Å². The van der Waals surface area contributed by atoms with Crippen molar-refractivity contribution in [2.75, 3.05) is 7.11 Å². The van der Waals surface area contributed by atoms with Crippen LogP contribution in [0.5, 0.6) is 5.88 Å². The van der Waals surface area contributed by atoms with E-state index >= 15 is 0 Å². The number of aromatic nitrogens is 4. The van der Waals surface area contributed by atoms with E-state index in [4.69, 9.17) is 19.4 Å². The Morgan fingerprint density at radius 2 is 1.93 bits per heavy atom. The third kappa shape index (κ3) is 3.42. The average Bonchev–Trinajstić information content (AvgIpc) is 3.33. The first-order chi connectivity index (χ1) is 14.6. The number of pyridine rings is 2. The highest BCUT2D eigenvalue weighted by Gasteiger charge is 2.28. The third-order valence-electron chi connectivity index (χ3n) is 6.36. The molecule has 0 amide bonds. The fraction of sp³-hybridized carbons (Fsp3) is 0.478. The number of nitrogens with zero attached hydrogens (tertiary/aromatic N) is 4. The Morgan fingerprint density at radius 1 is 1.10 bits per heavy atom. The van der Waals surface area contributed by atoms with E-state index < -0.39 is 0 Å². The molecule has 1 atom stereocenters. The zero-order valence-corrected chi connectivity index (χ0v) is 17.4. The van der Waals surface area contributed by atoms with Crippen LogP contribution in [0.15, 0.2) is 30.5 Å². The maximum Gasteiger partial charge on any atom is 0.308 e. The van der Waals surface area contributed by atoms with E-state index in [0.29, 0.717) is 11.9 Å². The highest BCUT2D eigenvalue weighted by molar-refractivity contribution is 5.76. The van der Waals surface area contributed by atoms with E-state index in [-0.39, 0.29) is 18.0 Å². The number of aryl methyl sites for hydroxylation is 1. The largest absolute Gasteiger partial charge is 0.474 e. The number of carbonyl (C=O) groups is 1. The Morgan fingerprint density at radius 3 is 2.73 bits per heavy atom. The van der Waals surface area contributed by atoms with Gasteiger partial charge >= 0.3 is 5.97 Å². The molecule has 4 heterocycles. The lowest BCUT2D eigenvalue weighted by atomic mass is 9.87. The molecular weight excluding hydrogens is 380 g/mol. The van der Waals surface area contributed by atoms with Crippen LogP contribution in [0.2, 0.25) is 0 Å². The van der Waals surface area contributed by atoms with Gasteiger partial charge in [-0.15, -0.1) is 0 Å². The molecule has 7 heteroatoms. The van der Waals surface area contributed by atoms with Crippen LogP contribution in [0.3, 0.4) is 0 Å². The maximum atomic E-state index is 11.7. The van der Waals surface area contributed by atoms with Crippen molar-refractivity contribution >= 4 is 17.1 Å². The summed E-state index contributed by atoms with van der Waals surface area (Å²) in [4.78, 5) is 25.8. The molecular formula is C23H26N4O3. The zero-order chi connectivity index (χ0) is 20.7. The highest BCUT2D eigenvalue weighted by Crippen LogP contribution is 2.32. The minimum Gasteiger partial charge on any atom is -0.474 e. The van der Waals surface area contributed by atoms with Crippen molar-refractivity contribution in [1.82, 2.24) is 19.5 Å². The molecule has 0 unspecified atom stereocenters. The normalized spacial score (nSPS) is 23.3. The van der Waals surface area contributed by atoms with Gasteiger partial charge in [-0.1, -0.05) is 0 Å². The van der Waals surface area contributed by atoms with Crippen molar-refractivity contribution in [3.05, 3.63) is 36.3 Å². The number of imidazole rings is 1. The van der Waals surface area contributed by atoms with Gasteiger partial charge in [-0.05, 0) is 57.2 Å². The molecule has 0 bridgehead atoms. The number of carbonyl (C=O) groups excluding carboxylic acids is 1. The van der Waals surface area contributed by atoms with Gasteiger partial charge in [-0.3, -0.25) is 4.79 Å². The lowest BCUT2D eigenvalue weighted by molar-refractivity contribution is -0.147. The number of esters is 1. The van der Waals surface area contributed by atoms with Gasteiger partial charge in [-0.2, -0.15) is 0 Å². The van der Waals surface area contributed by atoms with Crippen molar-refractivity contribution in [2.24, 2.45) is 5.92 Å². The van der Waals surface area contributed by atoms with Crippen LogP contribution < -0.4 is 4.74 Å². The minimum atomic E-state index is -0.115. The monoisotopic (exact) mass is 406 g/mol. The van der Waals surface area contributed by atoms with Crippen molar-refractivity contribution in [3.8, 4) is 17.1 Å². The van der Waals surface area contributed by atoms with Crippen molar-refractivity contribution in [3.63, 3.8) is 0 Å². The van der Waals surface area contributed by atoms with Crippen LogP contribution in [0, 0.1) is 5.92 Å². The number of fused-ring (bicyclic) bond motifs is 3. The second-order valence-electron chi connectivity index (χ2n) is 8.32. The summed E-state index contributed by atoms with van der Waals surface area (Å²) in [5, 5.41) is 0. The number of hydrogen-bond donors (Lipinski definition) is 0. The number of rotatable bonds is 4. The molecule has 5 rings (SSSR count). The number of hydrogen-bond acceptors (Lipinski definition) is 6. The van der Waals surface area contributed by atoms with E-state index in [1.807, 2.05) is 24.3 Å². The predicted molar refractivity (Wildman–Crippen MR) is 112 cm³/mol. The van der Waals surface area contributed by atoms with Gasteiger partial charge in [0, 0.05) is 30.3 Å². The standard InChI is InChI=1S/C23H26N4O3/c1-14-3-10-20-25-19-9-8-18(26-22(19)27(14)20)16-11-12-24-21(13-16)30-17-6-4-15(5-7-17)23(28)29-2/h8-9,11-15,17H,3-7,10H2,1-2H3/t14-,15?,17?/m0/s1. The fourth-order valence-electron chi connectivity index (χ4n) is 4.68. The van der Waals surface area contributed by atoms with Crippen molar-refractivity contribution in [2.45, 2.75) is 57.6 Å². The molecule has 7 nitrogen and oxygen atoms in total. The maximum absolute atomic E-state index is 11.7. The van der Waals surface area contributed by atoms with Gasteiger partial charge in [0.15, 0.2) is 5.65 Å². The van der Waals surface area contributed by atoms with Gasteiger partial charge < -0.3 is 14.0 Å². The molecule has 1 aliphatic carbocycles. The van der Waals surface area contributed by atoms with Crippen LogP contribution in [0.4, 0.5) is 0 Å². The lowest BCUT2D eigenvalue weighted by Gasteiger charge is -2.27. The first-order valence-corrected chi connectivity index (χ1v) is 10.7. The molecule has 3 aromatic rings. The Kier molecular flexibility index (Phi) is 4.89. The average molecular weight is 406 g/mol. The fourth-order valence-corrected chi connectivity index (χ4v) is 4.68. The van der Waals surface area contributed by atoms with E-state index in [2.05, 4.69) is 16.5 Å². The summed E-state index contributed by atoms with van der Waals surface area (Å²) >= 11 is 0. The van der Waals surface area contributed by atoms with Gasteiger partial charge in [0.2, 0.25) is 5.88 Å². The Labute approximate surface area is 175 Å². The van der Waals surface area contributed by atoms with E-state index in [1.165, 1.54) is 7.11 Å². The molecule has 1 fully saturated rings. The van der Waals surface area contributed by atoms with Gasteiger partial charge in [0.05, 0.1) is 18.7 Å². The second kappa shape index (κ2) is 7.70. The van der Waals surface area contributed by atoms with Crippen LogP contribution in [-0.4, -0.2) is 38.7 Å². The zero-order valence-electron chi connectivity index (χ0n) is 17.4. The summed E-state index contributed by atoms with van der Waals surface area (Å²) in [5.41, 5.74) is 3.78. The summed E-state index contributed by atoms with van der Waals surface area (Å²) < 4.78 is 13.3.